The summed E-state index contributed by atoms with van der Waals surface area (Å²) in [6, 6.07) is 0. The number of carbonyl (C=O) groups is 1. The molecule has 5 aliphatic carbocycles. The predicted octanol–water partition coefficient (Wildman–Crippen LogP) is -6.06. The van der Waals surface area contributed by atoms with Gasteiger partial charge < -0.3 is 139 Å². The maximum atomic E-state index is 15.4. The van der Waals surface area contributed by atoms with Gasteiger partial charge in [0.2, 0.25) is 6.29 Å². The number of ether oxygens (including phenoxy) is 10. The Morgan fingerprint density at radius 1 is 0.547 bits per heavy atom. The van der Waals surface area contributed by atoms with Crippen LogP contribution >= 0.6 is 0 Å². The van der Waals surface area contributed by atoms with E-state index in [-0.39, 0.29) is 30.6 Å². The van der Waals surface area contributed by atoms with Gasteiger partial charge in [-0.25, -0.2) is 0 Å². The van der Waals surface area contributed by atoms with Crippen LogP contribution in [0.1, 0.15) is 92.9 Å². The Morgan fingerprint density at radius 2 is 1.10 bits per heavy atom. The molecule has 0 amide bonds. The molecule has 0 aromatic heterocycles. The fraction of sp³-hybridized carbons (Fsp3) is 0.947. The average Bonchev–Trinajstić information content (AvgIpc) is 0.673. The molecule has 33 atom stereocenters. The summed E-state index contributed by atoms with van der Waals surface area (Å²) in [7, 11) is 0. The van der Waals surface area contributed by atoms with Crippen LogP contribution in [0.2, 0.25) is 0 Å². The Bertz CT molecular complexity index is 2400. The van der Waals surface area contributed by atoms with Gasteiger partial charge >= 0.3 is 5.97 Å². The lowest BCUT2D eigenvalue weighted by atomic mass is 9.33. The van der Waals surface area contributed by atoms with Crippen molar-refractivity contribution in [3.8, 4) is 0 Å². The van der Waals surface area contributed by atoms with Crippen LogP contribution in [-0.2, 0) is 52.2 Å². The maximum Gasteiger partial charge on any atom is 0.317 e. The fourth-order valence-corrected chi connectivity index (χ4v) is 17.4. The second kappa shape index (κ2) is 24.6. The van der Waals surface area contributed by atoms with E-state index in [4.69, 9.17) is 47.4 Å². The standard InChI is InChI=1S/C57H92O29/c1-21-42(81-45-37(71)31(65)25(62)17-77-45)36(70)41(75)46(79-21)82-43-32(66)26(63)18-78-50(43)86-51(76)57-12-11-52(2,3)13-23(57)22-7-8-28-53(4)14-24(61)44(56(19-59,20-60)29(53)9-10-54(28,5)55(22,6)15-30(57)64)83-48-39(73)35(69)40(74)49(85-48)84-47-38(72)34(68)33(67)27(16-58)80-47/h7,21,23-50,58-75H,8-20H2,1-6H3/t21-,23+,24-,25+,26-,27-,28+,29-,30+,31-,32-,33-,34+,35+,36-,37+,38-,39+,40-,41+,42-,43+,44-,45-,46-,47+,48+,49-,50-,53+,54+,55+,57+/m0/s1. The molecule has 9 fully saturated rings. The third kappa shape index (κ3) is 10.8. The average molecular weight is 1240 g/mol. The van der Waals surface area contributed by atoms with Crippen LogP contribution in [0.5, 0.6) is 0 Å². The summed E-state index contributed by atoms with van der Waals surface area (Å²) in [6.45, 7) is 8.53. The van der Waals surface area contributed by atoms with E-state index in [1.54, 1.807) is 0 Å². The number of fused-ring (bicyclic) bond motifs is 7. The molecule has 5 aliphatic heterocycles. The second-order valence-electron chi connectivity index (χ2n) is 27.8. The molecule has 29 nitrogen and oxygen atoms in total. The molecule has 0 unspecified atom stereocenters. The molecule has 10 rings (SSSR count). The highest BCUT2D eigenvalue weighted by molar-refractivity contribution is 5.80. The third-order valence-electron chi connectivity index (χ3n) is 22.6. The Balaban J connectivity index is 0.885. The minimum atomic E-state index is -2.05. The molecule has 5 heterocycles. The van der Waals surface area contributed by atoms with Gasteiger partial charge in [-0.05, 0) is 97.7 Å². The Kier molecular flexibility index (Phi) is 19.1. The predicted molar refractivity (Wildman–Crippen MR) is 283 cm³/mol. The van der Waals surface area contributed by atoms with Crippen LogP contribution in [0.4, 0.5) is 0 Å². The molecule has 4 saturated carbocycles. The number of esters is 1. The third-order valence-corrected chi connectivity index (χ3v) is 22.6. The van der Waals surface area contributed by atoms with Crippen LogP contribution < -0.4 is 0 Å². The van der Waals surface area contributed by atoms with Gasteiger partial charge in [0.1, 0.15) is 97.0 Å². The normalized spacial score (nSPS) is 54.5. The monoisotopic (exact) mass is 1240 g/mol. The van der Waals surface area contributed by atoms with E-state index in [1.165, 1.54) is 6.92 Å². The number of allylic oxidation sites excluding steroid dienone is 2. The smallest absolute Gasteiger partial charge is 0.317 e. The summed E-state index contributed by atoms with van der Waals surface area (Å²) in [5, 5.41) is 198. The van der Waals surface area contributed by atoms with E-state index in [9.17, 15) is 91.9 Å². The van der Waals surface area contributed by atoms with Gasteiger partial charge in [-0.15, -0.1) is 0 Å². The van der Waals surface area contributed by atoms with Crippen LogP contribution in [0, 0.1) is 50.2 Å². The summed E-state index contributed by atoms with van der Waals surface area (Å²) in [5.74, 6) is -2.45. The highest BCUT2D eigenvalue weighted by atomic mass is 16.8. The van der Waals surface area contributed by atoms with Crippen molar-refractivity contribution >= 4 is 5.97 Å². The highest BCUT2D eigenvalue weighted by Crippen LogP contribution is 2.76. The van der Waals surface area contributed by atoms with Gasteiger partial charge in [-0.1, -0.05) is 46.3 Å². The van der Waals surface area contributed by atoms with Crippen molar-refractivity contribution in [2.45, 2.75) is 253 Å². The lowest BCUT2D eigenvalue weighted by molar-refractivity contribution is -0.411. The molecule has 10 aliphatic rings. The zero-order valence-electron chi connectivity index (χ0n) is 49.1. The number of rotatable bonds is 13. The van der Waals surface area contributed by atoms with Gasteiger partial charge in [-0.3, -0.25) is 4.79 Å². The topological polar surface area (TPSA) is 474 Å². The summed E-state index contributed by atoms with van der Waals surface area (Å²) in [6.07, 6.45) is -40.1. The number of carbonyl (C=O) groups excluding carboxylic acids is 1. The molecule has 29 heteroatoms. The number of aliphatic hydroxyl groups is 18. The first-order valence-corrected chi connectivity index (χ1v) is 30.1. The molecule has 86 heavy (non-hydrogen) atoms. The molecule has 5 saturated heterocycles. The van der Waals surface area contributed by atoms with Crippen molar-refractivity contribution in [2.24, 2.45) is 50.2 Å². The minimum Gasteiger partial charge on any atom is -0.432 e. The highest BCUT2D eigenvalue weighted by Gasteiger charge is 2.74. The number of hydrogen-bond acceptors (Lipinski definition) is 29. The van der Waals surface area contributed by atoms with Crippen LogP contribution in [0.3, 0.4) is 0 Å². The fourth-order valence-electron chi connectivity index (χ4n) is 17.4. The van der Waals surface area contributed by atoms with E-state index in [0.29, 0.717) is 32.1 Å². The van der Waals surface area contributed by atoms with Crippen molar-refractivity contribution in [3.05, 3.63) is 11.6 Å². The van der Waals surface area contributed by atoms with Crippen molar-refractivity contribution in [3.63, 3.8) is 0 Å². The lowest BCUT2D eigenvalue weighted by Gasteiger charge is -2.72. The van der Waals surface area contributed by atoms with Gasteiger partial charge in [-0.2, -0.15) is 0 Å². The summed E-state index contributed by atoms with van der Waals surface area (Å²) >= 11 is 0. The number of aliphatic hydroxyl groups excluding tert-OH is 18. The van der Waals surface area contributed by atoms with Crippen LogP contribution in [0.15, 0.2) is 11.6 Å². The minimum absolute atomic E-state index is 0.00827. The molecule has 494 valence electrons. The summed E-state index contributed by atoms with van der Waals surface area (Å²) in [5.41, 5.74) is -5.17. The van der Waals surface area contributed by atoms with Gasteiger partial charge in [0.15, 0.2) is 37.6 Å². The summed E-state index contributed by atoms with van der Waals surface area (Å²) < 4.78 is 58.3. The number of hydrogen-bond donors (Lipinski definition) is 18. The first-order valence-electron chi connectivity index (χ1n) is 30.1. The van der Waals surface area contributed by atoms with E-state index >= 15 is 4.79 Å². The quantitative estimate of drug-likeness (QED) is 0.0464. The van der Waals surface area contributed by atoms with Gasteiger partial charge in [0.25, 0.3) is 0 Å². The molecule has 0 bridgehead atoms. The van der Waals surface area contributed by atoms with E-state index in [2.05, 4.69) is 33.8 Å². The molecular weight excluding hydrogens is 1150 g/mol. The van der Waals surface area contributed by atoms with Crippen molar-refractivity contribution in [1.29, 1.82) is 0 Å². The molecule has 0 aromatic carbocycles. The van der Waals surface area contributed by atoms with Crippen molar-refractivity contribution in [1.82, 2.24) is 0 Å². The van der Waals surface area contributed by atoms with E-state index in [0.717, 1.165) is 5.57 Å². The zero-order chi connectivity index (χ0) is 62.9. The van der Waals surface area contributed by atoms with Crippen molar-refractivity contribution < 1.29 is 144 Å². The Hall–Kier alpha value is -1.87. The first-order chi connectivity index (χ1) is 40.3. The Morgan fingerprint density at radius 3 is 1.74 bits per heavy atom. The molecular formula is C57H92O29. The van der Waals surface area contributed by atoms with Crippen LogP contribution in [0.25, 0.3) is 0 Å². The van der Waals surface area contributed by atoms with Gasteiger partial charge in [0, 0.05) is 5.41 Å². The molecule has 0 radical (unpaired) electrons. The Labute approximate surface area is 496 Å². The molecule has 18 N–H and O–H groups in total. The van der Waals surface area contributed by atoms with Crippen LogP contribution in [-0.4, -0.2) is 291 Å². The molecule has 0 aromatic rings. The molecule has 0 spiro atoms. The lowest BCUT2D eigenvalue weighted by Crippen LogP contribution is -2.72. The SMILES string of the molecule is C[C@@H]1O[C@@H](O[C@H]2[C@H](OC(=O)[C@]34CCC(C)(C)C[C@@H]3C3=CC[C@@H]5[C@@]6(C)C[C@H](O)[C@H](O[C@@H]7O[C@H](O[C@H]8O[C@@H](CO)[C@H](O)[C@@H](O)[C@@H]8O)[C@@H](O)[C@H](O)[C@H]7O)C(CO)(CO)[C@H]6CC[C@@]5(C)[C@]3(C)C[C@H]4O)OC[C@H](O)[C@@H]2O)[C@H](O)[C@H](O)[C@H]1O[C@@H]1OC[C@@H](O)[C@H](O)[C@H]1O. The maximum absolute atomic E-state index is 15.4. The first kappa shape index (κ1) is 67.0. The second-order valence-corrected chi connectivity index (χ2v) is 27.8. The van der Waals surface area contributed by atoms with Crippen molar-refractivity contribution in [2.75, 3.05) is 33.0 Å². The largest absolute Gasteiger partial charge is 0.432 e. The van der Waals surface area contributed by atoms with E-state index in [1.807, 2.05) is 6.92 Å². The van der Waals surface area contributed by atoms with Gasteiger partial charge in [0.05, 0.1) is 57.5 Å². The van der Waals surface area contributed by atoms with E-state index < -0.39 is 238 Å². The summed E-state index contributed by atoms with van der Waals surface area (Å²) in [4.78, 5) is 15.4. The zero-order valence-corrected chi connectivity index (χ0v) is 49.1.